The van der Waals surface area contributed by atoms with Crippen molar-refractivity contribution in [2.24, 2.45) is 5.10 Å². The Morgan fingerprint density at radius 3 is 2.81 bits per heavy atom. The van der Waals surface area contributed by atoms with Crippen molar-refractivity contribution < 1.29 is 14.3 Å². The van der Waals surface area contributed by atoms with Crippen LogP contribution in [0.15, 0.2) is 52.6 Å². The number of carbonyl (C=O) groups excluding carboxylic acids is 1. The second-order valence-electron chi connectivity index (χ2n) is 5.32. The van der Waals surface area contributed by atoms with Gasteiger partial charge in [-0.15, -0.1) is 0 Å². The number of benzene rings is 2. The zero-order valence-electron chi connectivity index (χ0n) is 14.4. The summed E-state index contributed by atoms with van der Waals surface area (Å²) in [7, 11) is 1.55. The van der Waals surface area contributed by atoms with Crippen molar-refractivity contribution in [3.8, 4) is 11.5 Å². The maximum absolute atomic E-state index is 12.2. The van der Waals surface area contributed by atoms with Gasteiger partial charge in [-0.1, -0.05) is 30.3 Å². The molecule has 136 valence electrons. The third-order valence-electron chi connectivity index (χ3n) is 3.35. The molecule has 0 aliphatic heterocycles. The normalized spacial score (nSPS) is 10.6. The van der Waals surface area contributed by atoms with Crippen LogP contribution in [0.1, 0.15) is 21.5 Å². The fraction of sp³-hybridized carbons (Fsp3) is 0.158. The number of hydrogen-bond donors (Lipinski definition) is 1. The van der Waals surface area contributed by atoms with E-state index < -0.39 is 0 Å². The number of amides is 1. The first-order valence-electron chi connectivity index (χ1n) is 7.67. The quantitative estimate of drug-likeness (QED) is 0.386. The molecule has 0 fully saturated rings. The van der Waals surface area contributed by atoms with Gasteiger partial charge in [0.15, 0.2) is 11.5 Å². The first-order valence-corrected chi connectivity index (χ1v) is 8.84. The van der Waals surface area contributed by atoms with E-state index in [1.807, 2.05) is 13.0 Å². The Hall–Kier alpha value is -2.31. The van der Waals surface area contributed by atoms with Gasteiger partial charge in [0, 0.05) is 0 Å². The van der Waals surface area contributed by atoms with Crippen LogP contribution in [0, 0.1) is 6.92 Å². The van der Waals surface area contributed by atoms with E-state index in [0.29, 0.717) is 33.2 Å². The molecule has 0 unspecified atom stereocenters. The zero-order valence-corrected chi connectivity index (χ0v) is 16.7. The molecule has 2 aromatic rings. The van der Waals surface area contributed by atoms with Crippen LogP contribution in [-0.2, 0) is 0 Å². The molecule has 0 spiro atoms. The van der Waals surface area contributed by atoms with Crippen LogP contribution in [0.4, 0.5) is 0 Å². The fourth-order valence-corrected chi connectivity index (χ4v) is 3.02. The van der Waals surface area contributed by atoms with Crippen molar-refractivity contribution in [1.29, 1.82) is 0 Å². The number of rotatable bonds is 7. The van der Waals surface area contributed by atoms with Crippen molar-refractivity contribution >= 4 is 39.7 Å². The summed E-state index contributed by atoms with van der Waals surface area (Å²) in [5.74, 6) is 0.721. The lowest BCUT2D eigenvalue weighted by molar-refractivity contribution is 0.0955. The van der Waals surface area contributed by atoms with E-state index in [2.05, 4.69) is 33.0 Å². The molecular weight excluding hydrogens is 420 g/mol. The molecule has 0 radical (unpaired) electrons. The number of nitrogens with zero attached hydrogens (tertiary/aromatic N) is 1. The summed E-state index contributed by atoms with van der Waals surface area (Å²) in [4.78, 5) is 12.2. The van der Waals surface area contributed by atoms with Gasteiger partial charge >= 0.3 is 0 Å². The molecule has 0 atom stereocenters. The smallest absolute Gasteiger partial charge is 0.272 e. The predicted octanol–water partition coefficient (Wildman–Crippen LogP) is 4.75. The molecule has 1 N–H and O–H groups in total. The molecule has 0 heterocycles. The Kier molecular flexibility index (Phi) is 7.24. The van der Waals surface area contributed by atoms with Gasteiger partial charge in [-0.3, -0.25) is 4.79 Å². The lowest BCUT2D eigenvalue weighted by Crippen LogP contribution is -2.18. The van der Waals surface area contributed by atoms with Crippen molar-refractivity contribution in [3.63, 3.8) is 0 Å². The van der Waals surface area contributed by atoms with E-state index in [1.54, 1.807) is 37.5 Å². The van der Waals surface area contributed by atoms with Crippen LogP contribution < -0.4 is 14.9 Å². The van der Waals surface area contributed by atoms with Gasteiger partial charge in [-0.25, -0.2) is 5.43 Å². The van der Waals surface area contributed by atoms with Crippen LogP contribution in [0.5, 0.6) is 11.5 Å². The summed E-state index contributed by atoms with van der Waals surface area (Å²) in [5.41, 5.74) is 4.52. The highest BCUT2D eigenvalue weighted by Crippen LogP contribution is 2.36. The van der Waals surface area contributed by atoms with Crippen LogP contribution >= 0.6 is 27.5 Å². The number of hydrazone groups is 1. The lowest BCUT2D eigenvalue weighted by Gasteiger charge is -2.12. The standard InChI is InChI=1S/C19H18BrClN2O3/c1-4-7-26-18-15(20)9-13(10-17(18)25-3)11-22-23-19(24)14-6-5-12(2)8-16(14)21/h4-6,8-11H,1,7H2,2-3H3,(H,23,24)/b22-11-. The highest BCUT2D eigenvalue weighted by Gasteiger charge is 2.11. The predicted molar refractivity (Wildman–Crippen MR) is 108 cm³/mol. The molecule has 26 heavy (non-hydrogen) atoms. The first kappa shape index (κ1) is 20.0. The van der Waals surface area contributed by atoms with Crippen LogP contribution in [0.2, 0.25) is 5.02 Å². The Balaban J connectivity index is 2.13. The van der Waals surface area contributed by atoms with Crippen molar-refractivity contribution in [2.75, 3.05) is 13.7 Å². The van der Waals surface area contributed by atoms with Crippen molar-refractivity contribution in [2.45, 2.75) is 6.92 Å². The van der Waals surface area contributed by atoms with Gasteiger partial charge in [0.05, 0.1) is 28.4 Å². The highest BCUT2D eigenvalue weighted by molar-refractivity contribution is 9.10. The summed E-state index contributed by atoms with van der Waals surface area (Å²) in [6.45, 7) is 5.88. The molecule has 5 nitrogen and oxygen atoms in total. The van der Waals surface area contributed by atoms with Gasteiger partial charge in [-0.05, 0) is 58.2 Å². The Morgan fingerprint density at radius 1 is 1.38 bits per heavy atom. The summed E-state index contributed by atoms with van der Waals surface area (Å²) in [5, 5.41) is 4.35. The number of ether oxygens (including phenoxy) is 2. The van der Waals surface area contributed by atoms with Gasteiger partial charge in [0.25, 0.3) is 5.91 Å². The lowest BCUT2D eigenvalue weighted by atomic mass is 10.1. The molecule has 0 bridgehead atoms. The highest BCUT2D eigenvalue weighted by atomic mass is 79.9. The molecule has 1 amide bonds. The van der Waals surface area contributed by atoms with Crippen molar-refractivity contribution in [3.05, 3.63) is 69.2 Å². The monoisotopic (exact) mass is 436 g/mol. The van der Waals surface area contributed by atoms with Gasteiger partial charge < -0.3 is 9.47 Å². The van der Waals surface area contributed by atoms with E-state index in [-0.39, 0.29) is 5.91 Å². The third kappa shape index (κ3) is 5.09. The summed E-state index contributed by atoms with van der Waals surface area (Å²) >= 11 is 9.52. The molecule has 0 saturated carbocycles. The maximum atomic E-state index is 12.2. The number of carbonyl (C=O) groups is 1. The molecule has 7 heteroatoms. The van der Waals surface area contributed by atoms with Crippen LogP contribution in [0.25, 0.3) is 0 Å². The van der Waals surface area contributed by atoms with Gasteiger partial charge in [0.1, 0.15) is 6.61 Å². The Morgan fingerprint density at radius 2 is 2.15 bits per heavy atom. The average Bonchev–Trinajstić information content (AvgIpc) is 2.60. The number of halogens is 2. The topological polar surface area (TPSA) is 59.9 Å². The summed E-state index contributed by atoms with van der Waals surface area (Å²) in [6, 6.07) is 8.75. The van der Waals surface area contributed by atoms with Crippen LogP contribution in [-0.4, -0.2) is 25.8 Å². The average molecular weight is 438 g/mol. The number of nitrogens with one attached hydrogen (secondary N) is 1. The molecule has 0 aliphatic rings. The molecule has 0 aliphatic carbocycles. The van der Waals surface area contributed by atoms with E-state index in [0.717, 1.165) is 11.1 Å². The molecule has 2 rings (SSSR count). The summed E-state index contributed by atoms with van der Waals surface area (Å²) in [6.07, 6.45) is 3.15. The van der Waals surface area contributed by atoms with Crippen molar-refractivity contribution in [1.82, 2.24) is 5.43 Å². The van der Waals surface area contributed by atoms with E-state index in [4.69, 9.17) is 21.1 Å². The number of hydrogen-bond acceptors (Lipinski definition) is 4. The van der Waals surface area contributed by atoms with E-state index in [1.165, 1.54) is 6.21 Å². The fourth-order valence-electron chi connectivity index (χ4n) is 2.13. The Labute approximate surface area is 165 Å². The molecule has 0 aromatic heterocycles. The SMILES string of the molecule is C=CCOc1c(Br)cc(/C=N\NC(=O)c2ccc(C)cc2Cl)cc1OC. The van der Waals surface area contributed by atoms with Crippen LogP contribution in [0.3, 0.4) is 0 Å². The summed E-state index contributed by atoms with van der Waals surface area (Å²) < 4.78 is 11.6. The molecular formula is C19H18BrClN2O3. The minimum atomic E-state index is -0.386. The second-order valence-corrected chi connectivity index (χ2v) is 6.58. The van der Waals surface area contributed by atoms with E-state index in [9.17, 15) is 4.79 Å². The maximum Gasteiger partial charge on any atom is 0.272 e. The second kappa shape index (κ2) is 9.40. The number of aryl methyl sites for hydroxylation is 1. The minimum Gasteiger partial charge on any atom is -0.493 e. The largest absolute Gasteiger partial charge is 0.493 e. The Bertz CT molecular complexity index is 853. The zero-order chi connectivity index (χ0) is 19.1. The minimum absolute atomic E-state index is 0.357. The van der Waals surface area contributed by atoms with Gasteiger partial charge in [0.2, 0.25) is 0 Å². The molecule has 2 aromatic carbocycles. The first-order chi connectivity index (χ1) is 12.5. The van der Waals surface area contributed by atoms with Gasteiger partial charge in [-0.2, -0.15) is 5.10 Å². The molecule has 0 saturated heterocycles. The third-order valence-corrected chi connectivity index (χ3v) is 4.25. The number of methoxy groups -OCH3 is 1. The van der Waals surface area contributed by atoms with E-state index >= 15 is 0 Å².